The molecule has 0 unspecified atom stereocenters. The first-order chi connectivity index (χ1) is 30.7. The zero-order chi connectivity index (χ0) is 47.0. The molecule has 2 aromatic heterocycles. The van der Waals surface area contributed by atoms with Gasteiger partial charge in [-0.15, -0.1) is 20.5 Å². The number of nitrogens with one attached hydrogen (secondary N) is 2. The van der Waals surface area contributed by atoms with Gasteiger partial charge in [-0.1, -0.05) is 76.5 Å². The van der Waals surface area contributed by atoms with Crippen molar-refractivity contribution in [3.8, 4) is 23.3 Å². The van der Waals surface area contributed by atoms with Gasteiger partial charge in [0.1, 0.15) is 43.1 Å². The number of nitriles is 2. The van der Waals surface area contributed by atoms with Crippen LogP contribution < -0.4 is 10.6 Å². The van der Waals surface area contributed by atoms with Gasteiger partial charge in [0.15, 0.2) is 16.6 Å². The Balaban J connectivity index is 1.39. The lowest BCUT2D eigenvalue weighted by molar-refractivity contribution is 0.481. The minimum Gasteiger partial charge on any atom is -0.339 e. The van der Waals surface area contributed by atoms with Crippen LogP contribution in [-0.2, 0) is 30.4 Å². The largest absolute Gasteiger partial charge is 0.339 e. The second-order valence-electron chi connectivity index (χ2n) is 13.7. The minimum absolute atomic E-state index is 0.000666. The van der Waals surface area contributed by atoms with Crippen molar-refractivity contribution < 1.29 is 38.9 Å². The summed E-state index contributed by atoms with van der Waals surface area (Å²) in [5.74, 6) is -0.0280. The molecule has 24 heteroatoms. The summed E-state index contributed by atoms with van der Waals surface area (Å²) in [5.41, 5.74) is 2.11. The third-order valence-electron chi connectivity index (χ3n) is 9.38. The number of rotatable bonds is 12. The molecule has 328 valence electrons. The van der Waals surface area contributed by atoms with Crippen LogP contribution in [-0.4, -0.2) is 43.9 Å². The van der Waals surface area contributed by atoms with Crippen molar-refractivity contribution >= 4 is 120 Å². The Morgan fingerprint density at radius 1 is 0.631 bits per heavy atom. The number of halogens is 2. The van der Waals surface area contributed by atoms with Gasteiger partial charge in [0.2, 0.25) is 0 Å². The molecule has 0 radical (unpaired) electrons. The predicted molar refractivity (Wildman–Crippen MR) is 244 cm³/mol. The molecule has 0 bridgehead atoms. The molecule has 7 rings (SSSR count). The number of pyridine rings is 1. The van der Waals surface area contributed by atoms with E-state index in [2.05, 4.69) is 48.2 Å². The molecule has 18 nitrogen and oxygen atoms in total. The van der Waals surface area contributed by atoms with Gasteiger partial charge >= 0.3 is 0 Å². The van der Waals surface area contributed by atoms with E-state index in [-0.39, 0.29) is 76.7 Å². The maximum atomic E-state index is 12.5. The Morgan fingerprint density at radius 3 is 1.88 bits per heavy atom. The average molecular weight is 989 g/mol. The summed E-state index contributed by atoms with van der Waals surface area (Å²) in [4.78, 5) is 2.65. The van der Waals surface area contributed by atoms with Crippen molar-refractivity contribution in [2.24, 2.45) is 20.5 Å². The second-order valence-corrected chi connectivity index (χ2v) is 19.7. The van der Waals surface area contributed by atoms with Crippen LogP contribution in [0.25, 0.3) is 21.9 Å². The third-order valence-corrected chi connectivity index (χ3v) is 13.7. The second kappa shape index (κ2) is 18.1. The summed E-state index contributed by atoms with van der Waals surface area (Å²) in [7, 11) is -14.6. The summed E-state index contributed by atoms with van der Waals surface area (Å²) in [5, 5.41) is 44.2. The molecule has 0 amide bonds. The highest BCUT2D eigenvalue weighted by molar-refractivity contribution is 7.86. The zero-order valence-electron chi connectivity index (χ0n) is 33.0. The molecule has 5 N–H and O–H groups in total. The highest BCUT2D eigenvalue weighted by Gasteiger charge is 2.25. The van der Waals surface area contributed by atoms with Crippen LogP contribution in [0, 0.1) is 36.5 Å². The monoisotopic (exact) mass is 987 g/mol. The fourth-order valence-corrected chi connectivity index (χ4v) is 9.83. The molecule has 65 heavy (non-hydrogen) atoms. The molecule has 0 aliphatic rings. The number of fused-ring (bicyclic) bond motifs is 1. The minimum atomic E-state index is -4.98. The molecule has 0 spiro atoms. The van der Waals surface area contributed by atoms with Crippen molar-refractivity contribution in [1.82, 2.24) is 4.98 Å². The Hall–Kier alpha value is -6.70. The number of hydrogen-bond donors (Lipinski definition) is 5. The maximum absolute atomic E-state index is 12.5. The molecule has 0 aliphatic heterocycles. The van der Waals surface area contributed by atoms with Gasteiger partial charge in [-0.2, -0.15) is 35.8 Å². The van der Waals surface area contributed by atoms with E-state index < -0.39 is 45.0 Å². The van der Waals surface area contributed by atoms with Crippen LogP contribution in [0.5, 0.6) is 0 Å². The normalized spacial score (nSPS) is 12.1. The van der Waals surface area contributed by atoms with E-state index in [0.29, 0.717) is 16.3 Å². The lowest BCUT2D eigenvalue weighted by Gasteiger charge is -2.16. The van der Waals surface area contributed by atoms with E-state index in [0.717, 1.165) is 41.2 Å². The number of nitrogens with zero attached hydrogens (tertiary/aromatic N) is 7. The smallest absolute Gasteiger partial charge is 0.296 e. The fourth-order valence-electron chi connectivity index (χ4n) is 6.36. The van der Waals surface area contributed by atoms with Crippen molar-refractivity contribution in [2.45, 2.75) is 28.5 Å². The van der Waals surface area contributed by atoms with E-state index in [1.165, 1.54) is 24.3 Å². The first kappa shape index (κ1) is 46.3. The topological polar surface area (TPSA) is 297 Å². The summed E-state index contributed by atoms with van der Waals surface area (Å²) in [6, 6.07) is 26.9. The molecule has 5 aromatic carbocycles. The van der Waals surface area contributed by atoms with E-state index in [1.807, 2.05) is 6.92 Å². The lowest BCUT2D eigenvalue weighted by Crippen LogP contribution is -2.05. The van der Waals surface area contributed by atoms with E-state index in [9.17, 15) is 49.4 Å². The van der Waals surface area contributed by atoms with Gasteiger partial charge in [0.05, 0.1) is 16.3 Å². The number of aryl methyl sites for hydroxylation is 1. The standard InChI is InChI=1S/C41H27Cl2N9O9S4/c1-21-6-8-23(9-7-21)36-31(20-45)40(62-41(36)52-49-27-16-29-28(34(18-27)64(56,57)58)4-3-5-33(29)63(53,54)55)51-50-37-22(2)30(19-44)38(48-39(37)46-25-12-10-24(42)11-13-25)47-26-14-15-32(43)35(17-26)65(59,60)61/h3-18H,1-2H3,(H2,46,47,48)(H,53,54,55)(H,56,57,58)(H,59,60,61)/b51-50?,52-49+. The Morgan fingerprint density at radius 2 is 1.25 bits per heavy atom. The zero-order valence-corrected chi connectivity index (χ0v) is 37.8. The quantitative estimate of drug-likeness (QED) is 0.0562. The van der Waals surface area contributed by atoms with Gasteiger partial charge in [-0.3, -0.25) is 13.7 Å². The van der Waals surface area contributed by atoms with Crippen molar-refractivity contribution in [1.29, 1.82) is 10.5 Å². The molecule has 0 atom stereocenters. The first-order valence-corrected chi connectivity index (χ1v) is 24.1. The Kier molecular flexibility index (Phi) is 12.9. The van der Waals surface area contributed by atoms with Crippen LogP contribution in [0.4, 0.5) is 44.4 Å². The molecular formula is C41H27Cl2N9O9S4. The van der Waals surface area contributed by atoms with Gasteiger partial charge in [0.25, 0.3) is 30.4 Å². The summed E-state index contributed by atoms with van der Waals surface area (Å²) in [6.45, 7) is 3.40. The van der Waals surface area contributed by atoms with Crippen LogP contribution in [0.1, 0.15) is 22.3 Å². The molecule has 7 aromatic rings. The van der Waals surface area contributed by atoms with E-state index >= 15 is 0 Å². The molecule has 2 heterocycles. The highest BCUT2D eigenvalue weighted by atomic mass is 35.5. The lowest BCUT2D eigenvalue weighted by atomic mass is 10.0. The molecule has 0 aliphatic carbocycles. The molecule has 0 fully saturated rings. The van der Waals surface area contributed by atoms with Gasteiger partial charge in [-0.05, 0) is 80.1 Å². The highest BCUT2D eigenvalue weighted by Crippen LogP contribution is 2.49. The summed E-state index contributed by atoms with van der Waals surface area (Å²) in [6.07, 6.45) is 0. The number of azo groups is 2. The van der Waals surface area contributed by atoms with Gasteiger partial charge < -0.3 is 10.6 Å². The van der Waals surface area contributed by atoms with E-state index in [4.69, 9.17) is 23.2 Å². The van der Waals surface area contributed by atoms with Gasteiger partial charge in [0, 0.05) is 38.3 Å². The Labute approximate surface area is 384 Å². The third kappa shape index (κ3) is 10.0. The number of thiophene rings is 1. The van der Waals surface area contributed by atoms with Crippen LogP contribution >= 0.6 is 34.5 Å². The van der Waals surface area contributed by atoms with Gasteiger partial charge in [-0.25, -0.2) is 4.98 Å². The van der Waals surface area contributed by atoms with E-state index in [1.54, 1.807) is 55.5 Å². The van der Waals surface area contributed by atoms with Crippen molar-refractivity contribution in [3.05, 3.63) is 129 Å². The maximum Gasteiger partial charge on any atom is 0.296 e. The Bertz CT molecular complexity index is 3590. The molecular weight excluding hydrogens is 962 g/mol. The average Bonchev–Trinajstić information content (AvgIpc) is 3.60. The molecule has 0 saturated heterocycles. The number of benzene rings is 5. The molecule has 0 saturated carbocycles. The van der Waals surface area contributed by atoms with Crippen LogP contribution in [0.3, 0.4) is 0 Å². The predicted octanol–water partition coefficient (Wildman–Crippen LogP) is 11.7. The SMILES string of the molecule is Cc1ccc(-c2c(/N=N/c3cc(S(=O)(=O)O)c4cccc(S(=O)(=O)O)c4c3)sc(N=Nc3c(Nc4ccc(Cl)cc4)nc(Nc4ccc(Cl)c(S(=O)(=O)O)c4)c(C#N)c3C)c2C#N)cc1. The van der Waals surface area contributed by atoms with Crippen LogP contribution in [0.2, 0.25) is 10.0 Å². The van der Waals surface area contributed by atoms with Crippen molar-refractivity contribution in [3.63, 3.8) is 0 Å². The number of anilines is 4. The van der Waals surface area contributed by atoms with Crippen LogP contribution in [0.15, 0.2) is 132 Å². The fraction of sp³-hybridized carbons (Fsp3) is 0.0488. The summed E-state index contributed by atoms with van der Waals surface area (Å²) >= 11 is 13.0. The number of aromatic nitrogens is 1. The summed E-state index contributed by atoms with van der Waals surface area (Å²) < 4.78 is 103. The van der Waals surface area contributed by atoms with Crippen molar-refractivity contribution in [2.75, 3.05) is 10.6 Å². The number of hydrogen-bond acceptors (Lipinski definition) is 16. The first-order valence-electron chi connectivity index (χ1n) is 18.2.